The summed E-state index contributed by atoms with van der Waals surface area (Å²) in [6.45, 7) is 1.54. The van der Waals surface area contributed by atoms with E-state index in [9.17, 15) is 23.3 Å². The number of carbonyl (C=O) groups excluding carboxylic acids is 2. The van der Waals surface area contributed by atoms with E-state index in [0.717, 1.165) is 14.9 Å². The molecule has 5 rings (SSSR count). The van der Waals surface area contributed by atoms with Crippen LogP contribution in [0.3, 0.4) is 0 Å². The number of hydrogen-bond acceptors (Lipinski definition) is 7. The molecule has 2 heterocycles. The van der Waals surface area contributed by atoms with Gasteiger partial charge in [-0.25, -0.2) is 17.4 Å². The summed E-state index contributed by atoms with van der Waals surface area (Å²) in [7, 11) is 0.830. The van der Waals surface area contributed by atoms with Gasteiger partial charge in [0.05, 0.1) is 29.9 Å². The molecule has 0 aliphatic carbocycles. The lowest BCUT2D eigenvalue weighted by Crippen LogP contribution is -2.42. The Morgan fingerprint density at radius 3 is 2.20 bits per heavy atom. The number of benzene rings is 3. The van der Waals surface area contributed by atoms with E-state index in [1.807, 2.05) is 36.4 Å². The number of methoxy groups -OCH3 is 1. The number of hydrogen-bond donors (Lipinski definition) is 0. The Labute approximate surface area is 255 Å². The molecule has 0 atom stereocenters. The van der Waals surface area contributed by atoms with Gasteiger partial charge in [0.2, 0.25) is 10.0 Å². The molecule has 1 aliphatic heterocycles. The van der Waals surface area contributed by atoms with Crippen LogP contribution in [0, 0.1) is 11.3 Å². The quantitative estimate of drug-likeness (QED) is 0.212. The van der Waals surface area contributed by atoms with Crippen molar-refractivity contribution < 1.29 is 22.7 Å². The lowest BCUT2D eigenvalue weighted by Gasteiger charge is -2.27. The summed E-state index contributed by atoms with van der Waals surface area (Å²) < 4.78 is 33.3. The van der Waals surface area contributed by atoms with Crippen LogP contribution in [-0.4, -0.2) is 60.4 Å². The third-order valence-corrected chi connectivity index (χ3v) is 9.12. The topological polar surface area (TPSA) is 126 Å². The van der Waals surface area contributed by atoms with E-state index < -0.39 is 21.8 Å². The molecule has 2 amide bonds. The molecule has 0 radical (unpaired) electrons. The smallest absolute Gasteiger partial charge is 0.271 e. The molecule has 0 bridgehead atoms. The van der Waals surface area contributed by atoms with Gasteiger partial charge in [-0.2, -0.15) is 10.4 Å². The maximum absolute atomic E-state index is 13.9. The Morgan fingerprint density at radius 2 is 1.61 bits per heavy atom. The second kappa shape index (κ2) is 12.1. The fourth-order valence-corrected chi connectivity index (χ4v) is 5.67. The van der Waals surface area contributed by atoms with Gasteiger partial charge in [-0.1, -0.05) is 42.5 Å². The number of para-hydroxylation sites is 1. The van der Waals surface area contributed by atoms with Gasteiger partial charge in [0, 0.05) is 37.0 Å². The summed E-state index contributed by atoms with van der Waals surface area (Å²) in [4.78, 5) is 28.3. The first-order chi connectivity index (χ1) is 21.0. The number of amides is 2. The maximum atomic E-state index is 13.9. The highest BCUT2D eigenvalue weighted by molar-refractivity contribution is 7.89. The Hall–Kier alpha value is -5.31. The van der Waals surface area contributed by atoms with Crippen molar-refractivity contribution in [3.05, 3.63) is 113 Å². The number of sulfonamides is 1. The number of aromatic nitrogens is 2. The first kappa shape index (κ1) is 30.2. The van der Waals surface area contributed by atoms with Gasteiger partial charge in [-0.3, -0.25) is 14.5 Å². The zero-order valence-corrected chi connectivity index (χ0v) is 25.4. The molecule has 222 valence electrons. The second-order valence-corrected chi connectivity index (χ2v) is 12.4. The molecular formula is C33H29N5O5S. The number of nitriles is 1. The first-order valence-corrected chi connectivity index (χ1v) is 15.0. The van der Waals surface area contributed by atoms with Crippen LogP contribution in [0.15, 0.2) is 107 Å². The predicted molar refractivity (Wildman–Crippen MR) is 165 cm³/mol. The lowest BCUT2D eigenvalue weighted by molar-refractivity contribution is -0.141. The highest BCUT2D eigenvalue weighted by Gasteiger charge is 2.36. The van der Waals surface area contributed by atoms with Crippen molar-refractivity contribution in [1.82, 2.24) is 19.0 Å². The van der Waals surface area contributed by atoms with Gasteiger partial charge in [0.25, 0.3) is 11.8 Å². The first-order valence-electron chi connectivity index (χ1n) is 13.6. The minimum absolute atomic E-state index is 0.0323. The van der Waals surface area contributed by atoms with Gasteiger partial charge in [0.1, 0.15) is 17.4 Å². The Kier molecular flexibility index (Phi) is 8.31. The van der Waals surface area contributed by atoms with Crippen molar-refractivity contribution in [3.63, 3.8) is 0 Å². The number of rotatable bonds is 8. The van der Waals surface area contributed by atoms with E-state index in [2.05, 4.69) is 0 Å². The van der Waals surface area contributed by atoms with Crippen molar-refractivity contribution >= 4 is 27.9 Å². The molecule has 0 N–H and O–H groups in total. The summed E-state index contributed by atoms with van der Waals surface area (Å²) in [5.41, 5.74) is 3.40. The SMILES string of the molecule is COc1ccc(CN2C(=O)C(C#N)=C(C)/C(=C\c3cn(-c4ccccc4)nc3-c3ccc(S(=O)(=O)N(C)C)cc3)C2=O)cc1. The van der Waals surface area contributed by atoms with Crippen molar-refractivity contribution in [2.45, 2.75) is 18.4 Å². The summed E-state index contributed by atoms with van der Waals surface area (Å²) in [5.74, 6) is -0.580. The molecule has 44 heavy (non-hydrogen) atoms. The van der Waals surface area contributed by atoms with Crippen molar-refractivity contribution in [1.29, 1.82) is 5.26 Å². The summed E-state index contributed by atoms with van der Waals surface area (Å²) in [5, 5.41) is 14.7. The molecule has 10 nitrogen and oxygen atoms in total. The molecule has 1 aromatic heterocycles. The molecule has 0 fully saturated rings. The summed E-state index contributed by atoms with van der Waals surface area (Å²) >= 11 is 0. The van der Waals surface area contributed by atoms with Crippen LogP contribution in [0.2, 0.25) is 0 Å². The van der Waals surface area contributed by atoms with Crippen LogP contribution in [0.5, 0.6) is 5.75 Å². The van der Waals surface area contributed by atoms with Crippen molar-refractivity contribution in [3.8, 4) is 28.8 Å². The summed E-state index contributed by atoms with van der Waals surface area (Å²) in [6.07, 6.45) is 3.37. The average Bonchev–Trinajstić information content (AvgIpc) is 3.46. The van der Waals surface area contributed by atoms with Gasteiger partial charge in [0.15, 0.2) is 0 Å². The lowest BCUT2D eigenvalue weighted by atomic mass is 9.93. The number of ether oxygens (including phenoxy) is 1. The minimum atomic E-state index is -3.64. The summed E-state index contributed by atoms with van der Waals surface area (Å²) in [6, 6.07) is 24.6. The maximum Gasteiger partial charge on any atom is 0.271 e. The largest absolute Gasteiger partial charge is 0.497 e. The molecular weight excluding hydrogens is 578 g/mol. The molecule has 0 saturated heterocycles. The monoisotopic (exact) mass is 607 g/mol. The third-order valence-electron chi connectivity index (χ3n) is 7.29. The van der Waals surface area contributed by atoms with Crippen molar-refractivity contribution in [2.75, 3.05) is 21.2 Å². The molecule has 1 aliphatic rings. The molecule has 4 aromatic rings. The minimum Gasteiger partial charge on any atom is -0.497 e. The predicted octanol–water partition coefficient (Wildman–Crippen LogP) is 4.59. The Morgan fingerprint density at radius 1 is 0.955 bits per heavy atom. The van der Waals surface area contributed by atoms with Crippen LogP contribution >= 0.6 is 0 Å². The fourth-order valence-electron chi connectivity index (χ4n) is 4.77. The van der Waals surface area contributed by atoms with E-state index in [1.54, 1.807) is 67.4 Å². The van der Waals surface area contributed by atoms with Gasteiger partial charge < -0.3 is 4.74 Å². The number of carbonyl (C=O) groups is 2. The van der Waals surface area contributed by atoms with Crippen LogP contribution in [-0.2, 0) is 26.2 Å². The molecule has 0 spiro atoms. The van der Waals surface area contributed by atoms with E-state index in [4.69, 9.17) is 9.84 Å². The van der Waals surface area contributed by atoms with E-state index in [1.165, 1.54) is 26.2 Å². The zero-order chi connectivity index (χ0) is 31.6. The van der Waals surface area contributed by atoms with Gasteiger partial charge in [-0.15, -0.1) is 0 Å². The highest BCUT2D eigenvalue weighted by atomic mass is 32.2. The Bertz CT molecular complexity index is 1950. The van der Waals surface area contributed by atoms with E-state index in [0.29, 0.717) is 28.1 Å². The molecule has 11 heteroatoms. The van der Waals surface area contributed by atoms with Gasteiger partial charge >= 0.3 is 0 Å². The van der Waals surface area contributed by atoms with Crippen LogP contribution < -0.4 is 4.74 Å². The molecule has 0 saturated carbocycles. The fraction of sp³-hybridized carbons (Fsp3) is 0.152. The van der Waals surface area contributed by atoms with Crippen LogP contribution in [0.1, 0.15) is 18.1 Å². The Balaban J connectivity index is 1.62. The van der Waals surface area contributed by atoms with Crippen LogP contribution in [0.4, 0.5) is 0 Å². The van der Waals surface area contributed by atoms with Crippen LogP contribution in [0.25, 0.3) is 23.0 Å². The molecule has 3 aromatic carbocycles. The third kappa shape index (κ3) is 5.68. The highest BCUT2D eigenvalue weighted by Crippen LogP contribution is 2.32. The van der Waals surface area contributed by atoms with Crippen molar-refractivity contribution in [2.24, 2.45) is 0 Å². The second-order valence-electron chi connectivity index (χ2n) is 10.2. The normalized spacial score (nSPS) is 14.8. The van der Waals surface area contributed by atoms with Gasteiger partial charge in [-0.05, 0) is 60.5 Å². The average molecular weight is 608 g/mol. The van der Waals surface area contributed by atoms with E-state index in [-0.39, 0.29) is 28.2 Å². The van der Waals surface area contributed by atoms with E-state index >= 15 is 0 Å². The zero-order valence-electron chi connectivity index (χ0n) is 24.6. The number of imide groups is 1. The molecule has 0 unspecified atom stereocenters. The number of nitrogens with zero attached hydrogens (tertiary/aromatic N) is 5. The standard InChI is InChI=1S/C33H29N5O5S/c1-22-29(32(39)37(33(40)30(22)19-34)20-23-10-14-27(43-4)15-11-23)18-25-21-38(26-8-6-5-7-9-26)35-31(25)24-12-16-28(17-13-24)44(41,42)36(2)3/h5-18,21H,20H2,1-4H3/b29-18+.